The molecule has 0 saturated carbocycles. The molecule has 0 bridgehead atoms. The average Bonchev–Trinajstić information content (AvgIpc) is 2.98. The summed E-state index contributed by atoms with van der Waals surface area (Å²) >= 11 is 2.86. The number of nitrogens with zero attached hydrogens (tertiary/aromatic N) is 4. The molecule has 0 spiro atoms. The van der Waals surface area contributed by atoms with Gasteiger partial charge in [-0.1, -0.05) is 11.8 Å². The Morgan fingerprint density at radius 1 is 1.50 bits per heavy atom. The highest BCUT2D eigenvalue weighted by Crippen LogP contribution is 2.23. The number of hydrogen-bond donors (Lipinski definition) is 0. The van der Waals surface area contributed by atoms with Crippen LogP contribution in [0, 0.1) is 6.92 Å². The number of carbonyl (C=O) groups is 1. The Hall–Kier alpha value is -1.41. The van der Waals surface area contributed by atoms with Crippen LogP contribution in [0.3, 0.4) is 0 Å². The minimum absolute atomic E-state index is 0.0184. The molecule has 8 heteroatoms. The molecule has 2 rings (SSSR count). The molecule has 2 heterocycles. The van der Waals surface area contributed by atoms with Crippen molar-refractivity contribution in [2.45, 2.75) is 30.7 Å². The Kier molecular flexibility index (Phi) is 4.77. The fourth-order valence-corrected chi connectivity index (χ4v) is 3.03. The Morgan fingerprint density at radius 3 is 2.85 bits per heavy atom. The highest BCUT2D eigenvalue weighted by Gasteiger charge is 2.19. The van der Waals surface area contributed by atoms with Crippen LogP contribution in [-0.4, -0.2) is 45.3 Å². The van der Waals surface area contributed by atoms with Crippen LogP contribution in [0.4, 0.5) is 0 Å². The molecule has 1 amide bonds. The first-order chi connectivity index (χ1) is 9.45. The Bertz CT molecular complexity index is 594. The summed E-state index contributed by atoms with van der Waals surface area (Å²) in [5.41, 5.74) is 0.921. The lowest BCUT2D eigenvalue weighted by atomic mass is 10.3. The second-order valence-corrected chi connectivity index (χ2v) is 6.84. The molecule has 2 aromatic rings. The summed E-state index contributed by atoms with van der Waals surface area (Å²) in [5.74, 6) is 0.534. The molecule has 0 aliphatic heterocycles. The van der Waals surface area contributed by atoms with Gasteiger partial charge in [0, 0.05) is 19.5 Å². The molecular weight excluding hydrogens is 296 g/mol. The van der Waals surface area contributed by atoms with Crippen LogP contribution in [0.15, 0.2) is 15.0 Å². The SMILES string of the molecule is Cc1nc(Cc2nnc(SC(C)C(=O)N(C)C)o2)cs1. The van der Waals surface area contributed by atoms with Gasteiger partial charge in [0.15, 0.2) is 0 Å². The lowest BCUT2D eigenvalue weighted by Crippen LogP contribution is -2.29. The van der Waals surface area contributed by atoms with Crippen molar-refractivity contribution in [3.05, 3.63) is 22.0 Å². The van der Waals surface area contributed by atoms with E-state index in [-0.39, 0.29) is 11.2 Å². The van der Waals surface area contributed by atoms with Crippen LogP contribution in [-0.2, 0) is 11.2 Å². The molecule has 0 aliphatic rings. The minimum atomic E-state index is -0.250. The van der Waals surface area contributed by atoms with Crippen molar-refractivity contribution in [2.24, 2.45) is 0 Å². The van der Waals surface area contributed by atoms with Crippen LogP contribution in [0.1, 0.15) is 23.5 Å². The van der Waals surface area contributed by atoms with Gasteiger partial charge < -0.3 is 9.32 Å². The Balaban J connectivity index is 1.97. The first kappa shape index (κ1) is 15.0. The number of carbonyl (C=O) groups excluding carboxylic acids is 1. The molecule has 1 atom stereocenters. The summed E-state index contributed by atoms with van der Waals surface area (Å²) in [6, 6.07) is 0. The third kappa shape index (κ3) is 3.80. The van der Waals surface area contributed by atoms with Gasteiger partial charge in [-0.15, -0.1) is 21.5 Å². The molecule has 6 nitrogen and oxygen atoms in total. The number of amides is 1. The molecule has 0 aromatic carbocycles. The molecule has 0 aliphatic carbocycles. The molecule has 0 radical (unpaired) electrons. The molecule has 108 valence electrons. The van der Waals surface area contributed by atoms with E-state index >= 15 is 0 Å². The van der Waals surface area contributed by atoms with Crippen LogP contribution in [0.2, 0.25) is 0 Å². The monoisotopic (exact) mass is 312 g/mol. The number of hydrogen-bond acceptors (Lipinski definition) is 7. The van der Waals surface area contributed by atoms with Crippen molar-refractivity contribution in [3.63, 3.8) is 0 Å². The smallest absolute Gasteiger partial charge is 0.277 e. The van der Waals surface area contributed by atoms with E-state index in [1.165, 1.54) is 11.8 Å². The zero-order valence-corrected chi connectivity index (χ0v) is 13.4. The van der Waals surface area contributed by atoms with Gasteiger partial charge in [0.1, 0.15) is 0 Å². The second kappa shape index (κ2) is 6.36. The number of thiazole rings is 1. The van der Waals surface area contributed by atoms with Crippen molar-refractivity contribution >= 4 is 29.0 Å². The van der Waals surface area contributed by atoms with E-state index < -0.39 is 0 Å². The maximum atomic E-state index is 11.8. The standard InChI is InChI=1S/C12H16N4O2S2/c1-7(11(17)16(3)4)20-12-15-14-10(18-12)5-9-6-19-8(2)13-9/h6-7H,5H2,1-4H3. The zero-order chi connectivity index (χ0) is 14.7. The molecular formula is C12H16N4O2S2. The van der Waals surface area contributed by atoms with Crippen molar-refractivity contribution in [3.8, 4) is 0 Å². The lowest BCUT2D eigenvalue weighted by Gasteiger charge is -2.14. The third-order valence-corrected chi connectivity index (χ3v) is 4.26. The molecule has 0 N–H and O–H groups in total. The van der Waals surface area contributed by atoms with Crippen LogP contribution >= 0.6 is 23.1 Å². The predicted octanol–water partition coefficient (Wildman–Crippen LogP) is 1.99. The molecule has 20 heavy (non-hydrogen) atoms. The van der Waals surface area contributed by atoms with Crippen molar-refractivity contribution < 1.29 is 9.21 Å². The topological polar surface area (TPSA) is 72.1 Å². The Labute approximate surface area is 125 Å². The molecule has 0 saturated heterocycles. The van der Waals surface area contributed by atoms with Gasteiger partial charge in [0.05, 0.1) is 22.4 Å². The normalized spacial score (nSPS) is 12.4. The van der Waals surface area contributed by atoms with Gasteiger partial charge in [-0.3, -0.25) is 4.79 Å². The first-order valence-electron chi connectivity index (χ1n) is 6.07. The molecule has 2 aromatic heterocycles. The summed E-state index contributed by atoms with van der Waals surface area (Å²) in [4.78, 5) is 17.7. The maximum Gasteiger partial charge on any atom is 0.277 e. The van der Waals surface area contributed by atoms with Crippen molar-refractivity contribution in [1.29, 1.82) is 0 Å². The van der Waals surface area contributed by atoms with E-state index in [2.05, 4.69) is 15.2 Å². The summed E-state index contributed by atoms with van der Waals surface area (Å²) in [6.07, 6.45) is 0.522. The summed E-state index contributed by atoms with van der Waals surface area (Å²) in [5, 5.41) is 11.1. The predicted molar refractivity (Wildman–Crippen MR) is 78.0 cm³/mol. The minimum Gasteiger partial charge on any atom is -0.416 e. The van der Waals surface area contributed by atoms with Crippen LogP contribution < -0.4 is 0 Å². The van der Waals surface area contributed by atoms with E-state index in [9.17, 15) is 4.79 Å². The van der Waals surface area contributed by atoms with Gasteiger partial charge in [0.2, 0.25) is 11.8 Å². The van der Waals surface area contributed by atoms with E-state index in [4.69, 9.17) is 4.42 Å². The van der Waals surface area contributed by atoms with E-state index in [0.29, 0.717) is 17.5 Å². The number of aryl methyl sites for hydroxylation is 1. The lowest BCUT2D eigenvalue weighted by molar-refractivity contribution is -0.127. The van der Waals surface area contributed by atoms with E-state index in [0.717, 1.165) is 10.7 Å². The van der Waals surface area contributed by atoms with Crippen molar-refractivity contribution in [1.82, 2.24) is 20.1 Å². The largest absolute Gasteiger partial charge is 0.416 e. The highest BCUT2D eigenvalue weighted by atomic mass is 32.2. The number of aromatic nitrogens is 3. The van der Waals surface area contributed by atoms with Gasteiger partial charge in [-0.05, 0) is 13.8 Å². The fraction of sp³-hybridized carbons (Fsp3) is 0.500. The van der Waals surface area contributed by atoms with Gasteiger partial charge >= 0.3 is 0 Å². The van der Waals surface area contributed by atoms with E-state index in [1.807, 2.05) is 19.2 Å². The average molecular weight is 312 g/mol. The molecule has 1 unspecified atom stereocenters. The second-order valence-electron chi connectivity index (χ2n) is 4.49. The fourth-order valence-electron chi connectivity index (χ4n) is 1.57. The summed E-state index contributed by atoms with van der Waals surface area (Å²) < 4.78 is 5.53. The Morgan fingerprint density at radius 2 is 2.25 bits per heavy atom. The highest BCUT2D eigenvalue weighted by molar-refractivity contribution is 8.00. The summed E-state index contributed by atoms with van der Waals surface area (Å²) in [7, 11) is 3.45. The van der Waals surface area contributed by atoms with Crippen molar-refractivity contribution in [2.75, 3.05) is 14.1 Å². The van der Waals surface area contributed by atoms with Gasteiger partial charge in [-0.25, -0.2) is 4.98 Å². The van der Waals surface area contributed by atoms with Crippen LogP contribution in [0.25, 0.3) is 0 Å². The van der Waals surface area contributed by atoms with Gasteiger partial charge in [-0.2, -0.15) is 0 Å². The molecule has 0 fully saturated rings. The number of thioether (sulfide) groups is 1. The van der Waals surface area contributed by atoms with E-state index in [1.54, 1.807) is 30.3 Å². The quantitative estimate of drug-likeness (QED) is 0.786. The van der Waals surface area contributed by atoms with Gasteiger partial charge in [0.25, 0.3) is 5.22 Å². The summed E-state index contributed by atoms with van der Waals surface area (Å²) in [6.45, 7) is 3.78. The maximum absolute atomic E-state index is 11.8. The third-order valence-electron chi connectivity index (χ3n) is 2.51. The number of rotatable bonds is 5. The first-order valence-corrected chi connectivity index (χ1v) is 7.83. The zero-order valence-electron chi connectivity index (χ0n) is 11.8. The van der Waals surface area contributed by atoms with Crippen LogP contribution in [0.5, 0.6) is 0 Å².